The van der Waals surface area contributed by atoms with Crippen LogP contribution < -0.4 is 0 Å². The third-order valence-corrected chi connectivity index (χ3v) is 3.09. The number of esters is 2. The lowest BCUT2D eigenvalue weighted by Gasteiger charge is -2.04. The molecule has 0 aromatic heterocycles. The highest BCUT2D eigenvalue weighted by atomic mass is 16.8. The zero-order valence-electron chi connectivity index (χ0n) is 12.9. The highest BCUT2D eigenvalue weighted by molar-refractivity contribution is 6.01. The van der Waals surface area contributed by atoms with Crippen molar-refractivity contribution in [2.24, 2.45) is 0 Å². The Morgan fingerprint density at radius 2 is 0.808 bits per heavy atom. The number of rotatable bonds is 4. The van der Waals surface area contributed by atoms with Crippen LogP contribution in [0.4, 0.5) is 4.79 Å². The van der Waals surface area contributed by atoms with Gasteiger partial charge in [-0.3, -0.25) is 0 Å². The Balaban J connectivity index is 1.96. The van der Waals surface area contributed by atoms with Gasteiger partial charge in [0.2, 0.25) is 0 Å². The topological polar surface area (TPSA) is 144 Å². The lowest BCUT2D eigenvalue weighted by atomic mass is 10.1. The number of carboxylic acids is 2. The maximum Gasteiger partial charge on any atom is 0.524 e. The van der Waals surface area contributed by atoms with Gasteiger partial charge in [-0.1, -0.05) is 0 Å². The zero-order chi connectivity index (χ0) is 19.3. The van der Waals surface area contributed by atoms with Gasteiger partial charge in [0.1, 0.15) is 0 Å². The molecule has 0 amide bonds. The van der Waals surface area contributed by atoms with E-state index in [9.17, 15) is 24.0 Å². The van der Waals surface area contributed by atoms with Gasteiger partial charge in [0.15, 0.2) is 0 Å². The molecule has 132 valence electrons. The number of benzene rings is 2. The number of aromatic carboxylic acids is 2. The van der Waals surface area contributed by atoms with E-state index in [0.29, 0.717) is 0 Å². The molecule has 9 heteroatoms. The number of ether oxygens (including phenoxy) is 2. The highest BCUT2D eigenvalue weighted by Crippen LogP contribution is 2.09. The Morgan fingerprint density at radius 3 is 1.08 bits per heavy atom. The molecule has 0 saturated carbocycles. The summed E-state index contributed by atoms with van der Waals surface area (Å²) in [6.07, 6.45) is -1.58. The van der Waals surface area contributed by atoms with Crippen LogP contribution in [0.2, 0.25) is 0 Å². The van der Waals surface area contributed by atoms with Gasteiger partial charge in [-0.25, -0.2) is 24.0 Å². The van der Waals surface area contributed by atoms with Gasteiger partial charge in [-0.15, -0.1) is 0 Å². The van der Waals surface area contributed by atoms with Gasteiger partial charge in [-0.05, 0) is 48.5 Å². The van der Waals surface area contributed by atoms with Crippen LogP contribution in [-0.2, 0) is 9.47 Å². The summed E-state index contributed by atoms with van der Waals surface area (Å²) < 4.78 is 8.66. The van der Waals surface area contributed by atoms with E-state index in [1.165, 1.54) is 0 Å². The monoisotopic (exact) mass is 358 g/mol. The summed E-state index contributed by atoms with van der Waals surface area (Å²) in [5.74, 6) is -4.66. The molecule has 2 rings (SSSR count). The fourth-order valence-electron chi connectivity index (χ4n) is 1.79. The van der Waals surface area contributed by atoms with Crippen molar-refractivity contribution in [3.63, 3.8) is 0 Å². The first kappa shape index (κ1) is 18.3. The molecular formula is C17H10O9. The van der Waals surface area contributed by atoms with Crippen molar-refractivity contribution < 1.29 is 43.7 Å². The third kappa shape index (κ3) is 4.51. The maximum atomic E-state index is 11.7. The molecular weight excluding hydrogens is 348 g/mol. The van der Waals surface area contributed by atoms with E-state index in [4.69, 9.17) is 10.2 Å². The Kier molecular flexibility index (Phi) is 5.43. The Labute approximate surface area is 145 Å². The SMILES string of the molecule is O=C(OC(=O)c1ccc(C(=O)O)cc1)OC(=O)c1ccc(C(=O)O)cc1. The average molecular weight is 358 g/mol. The van der Waals surface area contributed by atoms with Crippen LogP contribution in [0, 0.1) is 0 Å². The van der Waals surface area contributed by atoms with Crippen molar-refractivity contribution in [2.45, 2.75) is 0 Å². The smallest absolute Gasteiger partial charge is 0.478 e. The second-order valence-corrected chi connectivity index (χ2v) is 4.79. The van der Waals surface area contributed by atoms with Crippen LogP contribution in [0.3, 0.4) is 0 Å². The number of carbonyl (C=O) groups excluding carboxylic acids is 3. The molecule has 0 spiro atoms. The Morgan fingerprint density at radius 1 is 0.538 bits per heavy atom. The van der Waals surface area contributed by atoms with Crippen molar-refractivity contribution in [2.75, 3.05) is 0 Å². The molecule has 0 atom stereocenters. The molecule has 0 heterocycles. The molecule has 0 fully saturated rings. The van der Waals surface area contributed by atoms with Gasteiger partial charge in [0.25, 0.3) is 0 Å². The van der Waals surface area contributed by atoms with Crippen molar-refractivity contribution in [3.8, 4) is 0 Å². The molecule has 0 bridgehead atoms. The highest BCUT2D eigenvalue weighted by Gasteiger charge is 2.19. The molecule has 0 radical (unpaired) electrons. The van der Waals surface area contributed by atoms with Gasteiger partial charge in [0, 0.05) is 0 Å². The largest absolute Gasteiger partial charge is 0.524 e. The van der Waals surface area contributed by atoms with E-state index in [1.54, 1.807) is 0 Å². The van der Waals surface area contributed by atoms with Crippen molar-refractivity contribution in [1.29, 1.82) is 0 Å². The van der Waals surface area contributed by atoms with E-state index < -0.39 is 30.0 Å². The summed E-state index contributed by atoms with van der Waals surface area (Å²) in [4.78, 5) is 56.4. The maximum absolute atomic E-state index is 11.7. The predicted molar refractivity (Wildman–Crippen MR) is 83.0 cm³/mol. The first-order valence-corrected chi connectivity index (χ1v) is 6.93. The Bertz CT molecular complexity index is 806. The summed E-state index contributed by atoms with van der Waals surface area (Å²) in [7, 11) is 0. The number of carboxylic acid groups (broad SMARTS) is 2. The van der Waals surface area contributed by atoms with Crippen molar-refractivity contribution >= 4 is 30.0 Å². The van der Waals surface area contributed by atoms with E-state index in [1.807, 2.05) is 0 Å². The molecule has 0 unspecified atom stereocenters. The van der Waals surface area contributed by atoms with E-state index in [2.05, 4.69) is 9.47 Å². The van der Waals surface area contributed by atoms with E-state index in [0.717, 1.165) is 48.5 Å². The molecule has 2 aromatic carbocycles. The third-order valence-electron chi connectivity index (χ3n) is 3.09. The summed E-state index contributed by atoms with van der Waals surface area (Å²) >= 11 is 0. The van der Waals surface area contributed by atoms with Crippen LogP contribution in [-0.4, -0.2) is 40.2 Å². The quantitative estimate of drug-likeness (QED) is 0.620. The second-order valence-electron chi connectivity index (χ2n) is 4.79. The number of hydrogen-bond donors (Lipinski definition) is 2. The Hall–Kier alpha value is -4.01. The molecule has 0 aliphatic heterocycles. The number of carbonyl (C=O) groups is 5. The lowest BCUT2D eigenvalue weighted by molar-refractivity contribution is 0.0335. The molecule has 0 aliphatic carbocycles. The minimum absolute atomic E-state index is 0.0656. The molecule has 2 N–H and O–H groups in total. The lowest BCUT2D eigenvalue weighted by Crippen LogP contribution is -2.18. The van der Waals surface area contributed by atoms with Crippen LogP contribution in [0.1, 0.15) is 41.4 Å². The summed E-state index contributed by atoms with van der Waals surface area (Å²) in [5.41, 5.74) is -0.372. The van der Waals surface area contributed by atoms with Gasteiger partial charge in [0.05, 0.1) is 22.3 Å². The average Bonchev–Trinajstić information content (AvgIpc) is 2.61. The van der Waals surface area contributed by atoms with Gasteiger partial charge < -0.3 is 19.7 Å². The minimum atomic E-state index is -1.58. The predicted octanol–water partition coefficient (Wildman–Crippen LogP) is 2.22. The van der Waals surface area contributed by atoms with Crippen LogP contribution in [0.5, 0.6) is 0 Å². The first-order chi connectivity index (χ1) is 12.3. The normalized spacial score (nSPS) is 9.85. The summed E-state index contributed by atoms with van der Waals surface area (Å²) in [5, 5.41) is 17.5. The molecule has 26 heavy (non-hydrogen) atoms. The van der Waals surface area contributed by atoms with Crippen molar-refractivity contribution in [3.05, 3.63) is 70.8 Å². The van der Waals surface area contributed by atoms with E-state index >= 15 is 0 Å². The summed E-state index contributed by atoms with van der Waals surface area (Å²) in [6.45, 7) is 0. The fraction of sp³-hybridized carbons (Fsp3) is 0. The number of hydrogen-bond acceptors (Lipinski definition) is 7. The van der Waals surface area contributed by atoms with Gasteiger partial charge >= 0.3 is 30.0 Å². The zero-order valence-corrected chi connectivity index (χ0v) is 12.9. The fourth-order valence-corrected chi connectivity index (χ4v) is 1.79. The van der Waals surface area contributed by atoms with Crippen LogP contribution >= 0.6 is 0 Å². The summed E-state index contributed by atoms with van der Waals surface area (Å²) in [6, 6.07) is 9.08. The van der Waals surface area contributed by atoms with Gasteiger partial charge in [-0.2, -0.15) is 0 Å². The molecule has 2 aromatic rings. The molecule has 9 nitrogen and oxygen atoms in total. The standard InChI is InChI=1S/C17H10O9/c18-13(19)9-1-5-11(6-2-9)15(22)25-17(24)26-16(23)12-7-3-10(4-8-12)14(20)21/h1-8H,(H,18,19)(H,20,21). The minimum Gasteiger partial charge on any atom is -0.478 e. The van der Waals surface area contributed by atoms with E-state index in [-0.39, 0.29) is 22.3 Å². The van der Waals surface area contributed by atoms with Crippen LogP contribution in [0.15, 0.2) is 48.5 Å². The first-order valence-electron chi connectivity index (χ1n) is 6.93. The molecule has 0 aliphatic rings. The molecule has 0 saturated heterocycles. The van der Waals surface area contributed by atoms with Crippen LogP contribution in [0.25, 0.3) is 0 Å². The second kappa shape index (κ2) is 7.71. The van der Waals surface area contributed by atoms with Crippen molar-refractivity contribution in [1.82, 2.24) is 0 Å².